The van der Waals surface area contributed by atoms with Crippen LogP contribution in [-0.4, -0.2) is 54.6 Å². The van der Waals surface area contributed by atoms with Crippen LogP contribution in [0.5, 0.6) is 5.75 Å². The smallest absolute Gasteiger partial charge is 0.249 e. The molecule has 1 amide bonds. The summed E-state index contributed by atoms with van der Waals surface area (Å²) < 4.78 is 33.7. The van der Waals surface area contributed by atoms with Gasteiger partial charge in [0.05, 0.1) is 0 Å². The summed E-state index contributed by atoms with van der Waals surface area (Å²) in [5.74, 6) is -2.40. The molecule has 3 fully saturated rings. The summed E-state index contributed by atoms with van der Waals surface area (Å²) in [4.78, 5) is 16.9. The molecular formula is C25H37F2N3O2. The van der Waals surface area contributed by atoms with Crippen molar-refractivity contribution in [3.05, 3.63) is 23.3 Å². The van der Waals surface area contributed by atoms with Crippen LogP contribution in [0.3, 0.4) is 0 Å². The molecule has 1 saturated heterocycles. The highest BCUT2D eigenvalue weighted by molar-refractivity contribution is 5.96. The Morgan fingerprint density at radius 2 is 1.84 bits per heavy atom. The minimum absolute atomic E-state index is 0.0292. The maximum absolute atomic E-state index is 13.7. The number of nitrogens with two attached hydrogens (primary N) is 1. The summed E-state index contributed by atoms with van der Waals surface area (Å²) in [6, 6.07) is 4.35. The van der Waals surface area contributed by atoms with Gasteiger partial charge in [0, 0.05) is 61.6 Å². The summed E-state index contributed by atoms with van der Waals surface area (Å²) in [6.07, 6.45) is 6.75. The molecule has 2 saturated carbocycles. The molecule has 0 bridgehead atoms. The molecule has 1 aliphatic heterocycles. The predicted molar refractivity (Wildman–Crippen MR) is 123 cm³/mol. The van der Waals surface area contributed by atoms with Gasteiger partial charge in [-0.3, -0.25) is 4.79 Å². The second-order valence-electron chi connectivity index (χ2n) is 9.81. The van der Waals surface area contributed by atoms with Crippen LogP contribution in [-0.2, 0) is 0 Å². The summed E-state index contributed by atoms with van der Waals surface area (Å²) >= 11 is 0. The van der Waals surface area contributed by atoms with Crippen LogP contribution in [0.15, 0.2) is 12.1 Å². The maximum Gasteiger partial charge on any atom is 0.249 e. The van der Waals surface area contributed by atoms with Gasteiger partial charge in [-0.1, -0.05) is 6.42 Å². The first-order valence-corrected chi connectivity index (χ1v) is 12.3. The van der Waals surface area contributed by atoms with E-state index in [9.17, 15) is 13.6 Å². The molecule has 2 aliphatic carbocycles. The summed E-state index contributed by atoms with van der Waals surface area (Å²) in [7, 11) is 0. The highest BCUT2D eigenvalue weighted by Gasteiger charge is 2.38. The standard InChI is InChI=1S/C25H37F2N3O2/c1-3-30(18-7-9-25(26,27)10-8-18)23-16-21(15-22(17(23)2)24(28)31)32-20-13-19(14-20)29-11-5-4-6-12-29/h15-16,18-20H,3-14H2,1-2H3,(H2,28,31). The normalized spacial score (nSPS) is 26.4. The zero-order valence-corrected chi connectivity index (χ0v) is 19.4. The number of likely N-dealkylation sites (tertiary alicyclic amines) is 1. The minimum Gasteiger partial charge on any atom is -0.490 e. The Balaban J connectivity index is 1.49. The monoisotopic (exact) mass is 449 g/mol. The zero-order valence-electron chi connectivity index (χ0n) is 19.4. The largest absolute Gasteiger partial charge is 0.490 e. The van der Waals surface area contributed by atoms with Gasteiger partial charge in [-0.25, -0.2) is 8.78 Å². The van der Waals surface area contributed by atoms with Gasteiger partial charge < -0.3 is 20.3 Å². The number of anilines is 1. The first-order chi connectivity index (χ1) is 15.3. The topological polar surface area (TPSA) is 58.8 Å². The molecule has 0 spiro atoms. The maximum atomic E-state index is 13.7. The molecule has 0 radical (unpaired) electrons. The van der Waals surface area contributed by atoms with Crippen molar-refractivity contribution in [3.63, 3.8) is 0 Å². The highest BCUT2D eigenvalue weighted by atomic mass is 19.3. The Morgan fingerprint density at radius 3 is 2.44 bits per heavy atom. The number of halogens is 2. The molecule has 3 aliphatic rings. The first-order valence-electron chi connectivity index (χ1n) is 12.3. The van der Waals surface area contributed by atoms with Crippen LogP contribution in [0.2, 0.25) is 0 Å². The van der Waals surface area contributed by atoms with E-state index < -0.39 is 11.8 Å². The number of piperidine rings is 1. The summed E-state index contributed by atoms with van der Waals surface area (Å²) in [5, 5.41) is 0. The van der Waals surface area contributed by atoms with Crippen molar-refractivity contribution >= 4 is 11.6 Å². The number of amides is 1. The van der Waals surface area contributed by atoms with E-state index in [1.807, 2.05) is 19.9 Å². The van der Waals surface area contributed by atoms with Crippen molar-refractivity contribution in [2.45, 2.75) is 95.7 Å². The fourth-order valence-electron chi connectivity index (χ4n) is 5.67. The SMILES string of the molecule is CCN(c1cc(OC2CC(N3CCCCC3)C2)cc(C(N)=O)c1C)C1CCC(F)(F)CC1. The summed E-state index contributed by atoms with van der Waals surface area (Å²) in [5.41, 5.74) is 7.81. The number of benzene rings is 1. The van der Waals surface area contributed by atoms with E-state index in [-0.39, 0.29) is 25.0 Å². The quantitative estimate of drug-likeness (QED) is 0.644. The second kappa shape index (κ2) is 9.54. The lowest BCUT2D eigenvalue weighted by Gasteiger charge is -2.44. The van der Waals surface area contributed by atoms with Gasteiger partial charge >= 0.3 is 0 Å². The lowest BCUT2D eigenvalue weighted by molar-refractivity contribution is -0.0380. The van der Waals surface area contributed by atoms with Crippen LogP contribution < -0.4 is 15.4 Å². The molecular weight excluding hydrogens is 412 g/mol. The number of ether oxygens (including phenoxy) is 1. The molecule has 5 nitrogen and oxygen atoms in total. The Kier molecular flexibility index (Phi) is 6.94. The molecule has 1 aromatic rings. The third kappa shape index (κ3) is 5.03. The van der Waals surface area contributed by atoms with Crippen LogP contribution in [0.4, 0.5) is 14.5 Å². The van der Waals surface area contributed by atoms with Gasteiger partial charge in [0.25, 0.3) is 0 Å². The molecule has 2 N–H and O–H groups in total. The second-order valence-corrected chi connectivity index (χ2v) is 9.81. The Labute approximate surface area is 190 Å². The van der Waals surface area contributed by atoms with Gasteiger partial charge in [-0.15, -0.1) is 0 Å². The number of nitrogens with zero attached hydrogens (tertiary/aromatic N) is 2. The number of carbonyl (C=O) groups excluding carboxylic acids is 1. The zero-order chi connectivity index (χ0) is 22.9. The van der Waals surface area contributed by atoms with Crippen molar-refractivity contribution in [1.82, 2.24) is 4.90 Å². The molecule has 178 valence electrons. The first kappa shape index (κ1) is 23.3. The molecule has 4 rings (SSSR count). The van der Waals surface area contributed by atoms with Crippen LogP contribution in [0, 0.1) is 6.92 Å². The molecule has 1 aromatic carbocycles. The van der Waals surface area contributed by atoms with E-state index >= 15 is 0 Å². The van der Waals surface area contributed by atoms with E-state index in [0.29, 0.717) is 36.7 Å². The average molecular weight is 450 g/mol. The number of hydrogen-bond acceptors (Lipinski definition) is 4. The number of primary amides is 1. The third-order valence-electron chi connectivity index (χ3n) is 7.68. The highest BCUT2D eigenvalue weighted by Crippen LogP contribution is 2.39. The Hall–Kier alpha value is -1.89. The van der Waals surface area contributed by atoms with Crippen molar-refractivity contribution < 1.29 is 18.3 Å². The molecule has 0 atom stereocenters. The van der Waals surface area contributed by atoms with Crippen molar-refractivity contribution in [2.75, 3.05) is 24.5 Å². The molecule has 0 aromatic heterocycles. The predicted octanol–water partition coefficient (Wildman–Crippen LogP) is 4.89. The Morgan fingerprint density at radius 1 is 1.19 bits per heavy atom. The number of carbonyl (C=O) groups is 1. The van der Waals surface area contributed by atoms with Gasteiger partial charge in [0.1, 0.15) is 11.9 Å². The lowest BCUT2D eigenvalue weighted by atomic mass is 9.86. The molecule has 7 heteroatoms. The van der Waals surface area contributed by atoms with Gasteiger partial charge in [-0.05, 0) is 64.3 Å². The van der Waals surface area contributed by atoms with Crippen molar-refractivity contribution in [1.29, 1.82) is 0 Å². The lowest BCUT2D eigenvalue weighted by Crippen LogP contribution is -2.50. The van der Waals surface area contributed by atoms with Crippen molar-refractivity contribution in [2.24, 2.45) is 5.73 Å². The average Bonchev–Trinajstić information content (AvgIpc) is 2.74. The molecule has 32 heavy (non-hydrogen) atoms. The van der Waals surface area contributed by atoms with Crippen molar-refractivity contribution in [3.8, 4) is 5.75 Å². The van der Waals surface area contributed by atoms with E-state index in [4.69, 9.17) is 10.5 Å². The fraction of sp³-hybridized carbons (Fsp3) is 0.720. The Bertz CT molecular complexity index is 810. The number of alkyl halides is 2. The number of hydrogen-bond donors (Lipinski definition) is 1. The van der Waals surface area contributed by atoms with Crippen LogP contribution >= 0.6 is 0 Å². The molecule has 1 heterocycles. The number of rotatable bonds is 7. The third-order valence-corrected chi connectivity index (χ3v) is 7.68. The van der Waals surface area contributed by atoms with Crippen LogP contribution in [0.1, 0.15) is 80.6 Å². The van der Waals surface area contributed by atoms with Gasteiger partial charge in [0.2, 0.25) is 11.8 Å². The fourth-order valence-corrected chi connectivity index (χ4v) is 5.67. The van der Waals surface area contributed by atoms with Gasteiger partial charge in [-0.2, -0.15) is 0 Å². The molecule has 0 unspecified atom stereocenters. The van der Waals surface area contributed by atoms with Gasteiger partial charge in [0.15, 0.2) is 0 Å². The minimum atomic E-state index is -2.57. The summed E-state index contributed by atoms with van der Waals surface area (Å²) in [6.45, 7) is 6.96. The van der Waals surface area contributed by atoms with E-state index in [1.54, 1.807) is 6.07 Å². The van der Waals surface area contributed by atoms with E-state index in [0.717, 1.165) is 24.1 Å². The van der Waals surface area contributed by atoms with E-state index in [2.05, 4.69) is 9.80 Å². The van der Waals surface area contributed by atoms with Crippen LogP contribution in [0.25, 0.3) is 0 Å². The van der Waals surface area contributed by atoms with E-state index in [1.165, 1.54) is 32.4 Å².